The third-order valence-corrected chi connectivity index (χ3v) is 7.02. The zero-order valence-electron chi connectivity index (χ0n) is 11.4. The number of halogens is 2. The highest BCUT2D eigenvalue weighted by Gasteiger charge is 2.52. The summed E-state index contributed by atoms with van der Waals surface area (Å²) in [7, 11) is 0. The van der Waals surface area contributed by atoms with Crippen LogP contribution in [0.15, 0.2) is 24.3 Å². The third kappa shape index (κ3) is 2.40. The first kappa shape index (κ1) is 15.7. The number of benzene rings is 1. The summed E-state index contributed by atoms with van der Waals surface area (Å²) >= 11 is 7.06. The Kier molecular flexibility index (Phi) is 4.11. The topological polar surface area (TPSA) is 74.7 Å². The molecule has 0 radical (unpaired) electrons. The number of carbonyl (C=O) groups is 3. The van der Waals surface area contributed by atoms with Crippen LogP contribution in [0.25, 0.3) is 0 Å². The Morgan fingerprint density at radius 1 is 1.05 bits per heavy atom. The summed E-state index contributed by atoms with van der Waals surface area (Å²) in [5.41, 5.74) is 0.130. The van der Waals surface area contributed by atoms with Crippen LogP contribution in [0.5, 0.6) is 0 Å². The molecular formula is C15H13Br2NO4. The largest absolute Gasteiger partial charge is 0.478 e. The lowest BCUT2D eigenvalue weighted by atomic mass is 9.81. The number of aromatic carboxylic acids is 1. The molecule has 7 heteroatoms. The van der Waals surface area contributed by atoms with Crippen molar-refractivity contribution in [2.45, 2.75) is 22.5 Å². The van der Waals surface area contributed by atoms with Gasteiger partial charge in [0.25, 0.3) is 0 Å². The standard InChI is InChI=1S/C15H13Br2NO4/c16-10-5-8-9(6-11(10)17)14(20)18(13(8)19)12-4-2-1-3-7(12)15(21)22/h1-4,8-11H,5-6H2,(H,21,22)/t8-,9-,10-,11+/m0/s1. The molecule has 3 rings (SSSR count). The maximum Gasteiger partial charge on any atom is 0.337 e. The van der Waals surface area contributed by atoms with Gasteiger partial charge in [0.2, 0.25) is 11.8 Å². The van der Waals surface area contributed by atoms with Gasteiger partial charge in [0.15, 0.2) is 0 Å². The van der Waals surface area contributed by atoms with E-state index in [1.165, 1.54) is 12.1 Å². The Hall–Kier alpha value is -1.21. The molecule has 1 aromatic rings. The van der Waals surface area contributed by atoms with Crippen LogP contribution in [-0.2, 0) is 9.59 Å². The van der Waals surface area contributed by atoms with Crippen LogP contribution in [0, 0.1) is 11.8 Å². The van der Waals surface area contributed by atoms with Gasteiger partial charge in [0.05, 0.1) is 23.1 Å². The first-order chi connectivity index (χ1) is 10.4. The smallest absolute Gasteiger partial charge is 0.337 e. The SMILES string of the molecule is O=C(O)c1ccccc1N1C(=O)[C@H]2C[C@@H](Br)[C@@H](Br)C[C@@H]2C1=O. The minimum absolute atomic E-state index is 0.0337. The lowest BCUT2D eigenvalue weighted by Crippen LogP contribution is -2.34. The van der Waals surface area contributed by atoms with Crippen molar-refractivity contribution in [2.75, 3.05) is 4.90 Å². The number of alkyl halides is 2. The molecule has 2 amide bonds. The number of rotatable bonds is 2. The number of hydrogen-bond acceptors (Lipinski definition) is 3. The Morgan fingerprint density at radius 3 is 2.05 bits per heavy atom. The van der Waals surface area contributed by atoms with Gasteiger partial charge in [-0.25, -0.2) is 9.69 Å². The minimum Gasteiger partial charge on any atom is -0.478 e. The van der Waals surface area contributed by atoms with Crippen molar-refractivity contribution in [2.24, 2.45) is 11.8 Å². The van der Waals surface area contributed by atoms with E-state index < -0.39 is 5.97 Å². The van der Waals surface area contributed by atoms with Crippen molar-refractivity contribution in [3.63, 3.8) is 0 Å². The summed E-state index contributed by atoms with van der Waals surface area (Å²) in [6, 6.07) is 6.12. The van der Waals surface area contributed by atoms with Crippen molar-refractivity contribution >= 4 is 55.3 Å². The van der Waals surface area contributed by atoms with Gasteiger partial charge >= 0.3 is 5.97 Å². The molecule has 5 nitrogen and oxygen atoms in total. The van der Waals surface area contributed by atoms with Gasteiger partial charge in [-0.05, 0) is 25.0 Å². The average Bonchev–Trinajstić information content (AvgIpc) is 2.71. The molecule has 1 aliphatic carbocycles. The van der Waals surface area contributed by atoms with Crippen molar-refractivity contribution in [3.8, 4) is 0 Å². The number of para-hydroxylation sites is 1. The zero-order valence-corrected chi connectivity index (χ0v) is 14.6. The van der Waals surface area contributed by atoms with Crippen LogP contribution in [-0.4, -0.2) is 32.5 Å². The molecular weight excluding hydrogens is 418 g/mol. The fourth-order valence-electron chi connectivity index (χ4n) is 3.18. The molecule has 116 valence electrons. The molecule has 0 aromatic heterocycles. The molecule has 0 spiro atoms. The van der Waals surface area contributed by atoms with E-state index in [4.69, 9.17) is 0 Å². The highest BCUT2D eigenvalue weighted by atomic mass is 79.9. The molecule has 0 bridgehead atoms. The van der Waals surface area contributed by atoms with Crippen LogP contribution >= 0.6 is 31.9 Å². The Labute approximate surface area is 143 Å². The molecule has 1 saturated carbocycles. The lowest BCUT2D eigenvalue weighted by molar-refractivity contribution is -0.122. The Balaban J connectivity index is 2.01. The van der Waals surface area contributed by atoms with E-state index in [1.807, 2.05) is 0 Å². The second-order valence-electron chi connectivity index (χ2n) is 5.55. The van der Waals surface area contributed by atoms with Crippen molar-refractivity contribution < 1.29 is 19.5 Å². The van der Waals surface area contributed by atoms with Crippen LogP contribution in [0.2, 0.25) is 0 Å². The molecule has 1 saturated heterocycles. The number of carbonyl (C=O) groups excluding carboxylic acids is 2. The van der Waals surface area contributed by atoms with Crippen LogP contribution in [0.3, 0.4) is 0 Å². The van der Waals surface area contributed by atoms with Gasteiger partial charge < -0.3 is 5.11 Å². The summed E-state index contributed by atoms with van der Waals surface area (Å²) in [6.07, 6.45) is 1.13. The minimum atomic E-state index is -1.15. The third-order valence-electron chi connectivity index (χ3n) is 4.29. The van der Waals surface area contributed by atoms with Gasteiger partial charge in [0, 0.05) is 9.65 Å². The fraction of sp³-hybridized carbons (Fsp3) is 0.400. The van der Waals surface area contributed by atoms with Crippen LogP contribution < -0.4 is 4.90 Å². The number of anilines is 1. The summed E-state index contributed by atoms with van der Waals surface area (Å²) in [5.74, 6) is -2.51. The van der Waals surface area contributed by atoms with E-state index >= 15 is 0 Å². The zero-order chi connectivity index (χ0) is 16.0. The molecule has 4 atom stereocenters. The number of carboxylic acid groups (broad SMARTS) is 1. The fourth-order valence-corrected chi connectivity index (χ4v) is 4.42. The number of imide groups is 1. The van der Waals surface area contributed by atoms with Crippen molar-refractivity contribution in [1.29, 1.82) is 0 Å². The lowest BCUT2D eigenvalue weighted by Gasteiger charge is -2.29. The predicted octanol–water partition coefficient (Wildman–Crippen LogP) is 2.81. The Bertz CT molecular complexity index is 635. The molecule has 2 aliphatic rings. The predicted molar refractivity (Wildman–Crippen MR) is 87.5 cm³/mol. The van der Waals surface area contributed by atoms with E-state index in [0.29, 0.717) is 12.8 Å². The van der Waals surface area contributed by atoms with Gasteiger partial charge in [-0.15, -0.1) is 0 Å². The molecule has 0 unspecified atom stereocenters. The number of fused-ring (bicyclic) bond motifs is 1. The van der Waals surface area contributed by atoms with Gasteiger partial charge in [-0.3, -0.25) is 9.59 Å². The monoisotopic (exact) mass is 429 g/mol. The second-order valence-corrected chi connectivity index (χ2v) is 7.90. The van der Waals surface area contributed by atoms with E-state index in [2.05, 4.69) is 31.9 Å². The molecule has 1 N–H and O–H groups in total. The number of nitrogens with zero attached hydrogens (tertiary/aromatic N) is 1. The van der Waals surface area contributed by atoms with Gasteiger partial charge in [-0.1, -0.05) is 44.0 Å². The summed E-state index contributed by atoms with van der Waals surface area (Å²) in [4.78, 5) is 38.0. The van der Waals surface area contributed by atoms with Gasteiger partial charge in [-0.2, -0.15) is 0 Å². The Morgan fingerprint density at radius 2 is 1.55 bits per heavy atom. The highest BCUT2D eigenvalue weighted by Crippen LogP contribution is 2.44. The maximum atomic E-state index is 12.7. The number of carboxylic acids is 1. The van der Waals surface area contributed by atoms with Crippen LogP contribution in [0.1, 0.15) is 23.2 Å². The van der Waals surface area contributed by atoms with E-state index in [9.17, 15) is 19.5 Å². The summed E-state index contributed by atoms with van der Waals surface area (Å²) < 4.78 is 0. The van der Waals surface area contributed by atoms with Gasteiger partial charge in [0.1, 0.15) is 0 Å². The second kappa shape index (κ2) is 5.77. The van der Waals surface area contributed by atoms with E-state index in [-0.39, 0.29) is 44.6 Å². The molecule has 22 heavy (non-hydrogen) atoms. The quantitative estimate of drug-likeness (QED) is 0.578. The normalized spacial score (nSPS) is 31.3. The first-order valence-electron chi connectivity index (χ1n) is 6.90. The number of hydrogen-bond donors (Lipinski definition) is 1. The number of amides is 2. The van der Waals surface area contributed by atoms with Crippen molar-refractivity contribution in [1.82, 2.24) is 0 Å². The molecule has 1 heterocycles. The van der Waals surface area contributed by atoms with E-state index in [1.54, 1.807) is 12.1 Å². The molecule has 2 fully saturated rings. The molecule has 1 aromatic carbocycles. The first-order valence-corrected chi connectivity index (χ1v) is 8.73. The molecule has 1 aliphatic heterocycles. The van der Waals surface area contributed by atoms with E-state index in [0.717, 1.165) is 4.90 Å². The van der Waals surface area contributed by atoms with Crippen LogP contribution in [0.4, 0.5) is 5.69 Å². The summed E-state index contributed by atoms with van der Waals surface area (Å²) in [6.45, 7) is 0. The average molecular weight is 431 g/mol. The summed E-state index contributed by atoms with van der Waals surface area (Å²) in [5, 5.41) is 9.28. The van der Waals surface area contributed by atoms with Crippen molar-refractivity contribution in [3.05, 3.63) is 29.8 Å². The highest BCUT2D eigenvalue weighted by molar-refractivity contribution is 9.12. The maximum absolute atomic E-state index is 12.7.